The molecule has 0 aromatic carbocycles. The van der Waals surface area contributed by atoms with Gasteiger partial charge in [-0.15, -0.1) is 0 Å². The van der Waals surface area contributed by atoms with Crippen LogP contribution in [0.2, 0.25) is 0 Å². The van der Waals surface area contributed by atoms with Crippen LogP contribution < -0.4 is 0 Å². The molecule has 0 aliphatic rings. The predicted molar refractivity (Wildman–Crippen MR) is 93.2 cm³/mol. The zero-order valence-electron chi connectivity index (χ0n) is 15.6. The van der Waals surface area contributed by atoms with Gasteiger partial charge in [-0.05, 0) is 32.6 Å². The van der Waals surface area contributed by atoms with E-state index in [1.165, 1.54) is 32.1 Å². The first kappa shape index (κ1) is 21.9. The van der Waals surface area contributed by atoms with Crippen LogP contribution in [0.4, 0.5) is 0 Å². The molecule has 4 heteroatoms. The number of hydrogen-bond acceptors (Lipinski definition) is 4. The lowest BCUT2D eigenvalue weighted by Gasteiger charge is -2.15. The number of ether oxygens (including phenoxy) is 2. The minimum absolute atomic E-state index is 0.0369. The molecule has 0 saturated heterocycles. The third kappa shape index (κ3) is 13.1. The van der Waals surface area contributed by atoms with Gasteiger partial charge in [0.1, 0.15) is 6.10 Å². The van der Waals surface area contributed by atoms with Crippen LogP contribution >= 0.6 is 0 Å². The van der Waals surface area contributed by atoms with E-state index in [0.717, 1.165) is 25.7 Å². The molecule has 136 valence electrons. The zero-order valence-corrected chi connectivity index (χ0v) is 15.6. The summed E-state index contributed by atoms with van der Waals surface area (Å²) in [5.41, 5.74) is 0. The van der Waals surface area contributed by atoms with Crippen molar-refractivity contribution in [2.45, 2.75) is 111 Å². The van der Waals surface area contributed by atoms with E-state index in [1.807, 2.05) is 20.8 Å². The van der Waals surface area contributed by atoms with Crippen LogP contribution in [-0.2, 0) is 19.1 Å². The van der Waals surface area contributed by atoms with Gasteiger partial charge in [0, 0.05) is 0 Å². The average molecular weight is 328 g/mol. The maximum atomic E-state index is 11.7. The normalized spacial score (nSPS) is 12.2. The number of esters is 2. The van der Waals surface area contributed by atoms with Crippen LogP contribution in [0, 0.1) is 0 Å². The van der Waals surface area contributed by atoms with Gasteiger partial charge in [-0.2, -0.15) is 0 Å². The van der Waals surface area contributed by atoms with Crippen LogP contribution in [0.3, 0.4) is 0 Å². The molecule has 0 N–H and O–H groups in total. The Morgan fingerprint density at radius 3 is 1.87 bits per heavy atom. The molecular weight excluding hydrogens is 292 g/mol. The largest absolute Gasteiger partial charge is 0.463 e. The third-order valence-corrected chi connectivity index (χ3v) is 4.04. The van der Waals surface area contributed by atoms with Crippen molar-refractivity contribution < 1.29 is 19.1 Å². The maximum Gasteiger partial charge on any atom is 0.306 e. The highest BCUT2D eigenvalue weighted by molar-refractivity contribution is 5.77. The van der Waals surface area contributed by atoms with Crippen molar-refractivity contribution in [3.8, 4) is 0 Å². The Balaban J connectivity index is 3.69. The molecule has 1 unspecified atom stereocenters. The molecule has 0 spiro atoms. The van der Waals surface area contributed by atoms with Crippen molar-refractivity contribution in [1.82, 2.24) is 0 Å². The topological polar surface area (TPSA) is 52.6 Å². The van der Waals surface area contributed by atoms with Gasteiger partial charge in [0.2, 0.25) is 0 Å². The van der Waals surface area contributed by atoms with Crippen molar-refractivity contribution in [2.24, 2.45) is 0 Å². The molecule has 0 radical (unpaired) electrons. The van der Waals surface area contributed by atoms with Crippen LogP contribution in [0.5, 0.6) is 0 Å². The Kier molecular flexibility index (Phi) is 13.9. The molecule has 0 aliphatic carbocycles. The van der Waals surface area contributed by atoms with Crippen molar-refractivity contribution in [3.63, 3.8) is 0 Å². The SMILES string of the molecule is CCCCCCCCC(C)OC(=O)CCC(=O)OC(CC)CC. The molecule has 0 aromatic rings. The van der Waals surface area contributed by atoms with Gasteiger partial charge in [-0.25, -0.2) is 0 Å². The van der Waals surface area contributed by atoms with Crippen molar-refractivity contribution in [1.29, 1.82) is 0 Å². The predicted octanol–water partition coefficient (Wildman–Crippen LogP) is 5.18. The van der Waals surface area contributed by atoms with Gasteiger partial charge < -0.3 is 9.47 Å². The van der Waals surface area contributed by atoms with E-state index in [9.17, 15) is 9.59 Å². The summed E-state index contributed by atoms with van der Waals surface area (Å²) in [5.74, 6) is -0.607. The van der Waals surface area contributed by atoms with Gasteiger partial charge in [0.05, 0.1) is 18.9 Å². The van der Waals surface area contributed by atoms with Gasteiger partial charge in [0.25, 0.3) is 0 Å². The second kappa shape index (κ2) is 14.5. The zero-order chi connectivity index (χ0) is 17.5. The molecule has 1 atom stereocenters. The number of rotatable bonds is 14. The van der Waals surface area contributed by atoms with Crippen molar-refractivity contribution >= 4 is 11.9 Å². The fourth-order valence-electron chi connectivity index (χ4n) is 2.46. The van der Waals surface area contributed by atoms with Crippen LogP contribution in [0.25, 0.3) is 0 Å². The van der Waals surface area contributed by atoms with E-state index in [-0.39, 0.29) is 37.0 Å². The molecule has 0 rings (SSSR count). The lowest BCUT2D eigenvalue weighted by Crippen LogP contribution is -2.19. The number of carbonyl (C=O) groups is 2. The fraction of sp³-hybridized carbons (Fsp3) is 0.895. The smallest absolute Gasteiger partial charge is 0.306 e. The number of hydrogen-bond donors (Lipinski definition) is 0. The lowest BCUT2D eigenvalue weighted by atomic mass is 10.1. The summed E-state index contributed by atoms with van der Waals surface area (Å²) in [6.45, 7) is 8.10. The Bertz CT molecular complexity index is 310. The number of carbonyl (C=O) groups excluding carboxylic acids is 2. The van der Waals surface area contributed by atoms with Gasteiger partial charge in [-0.3, -0.25) is 9.59 Å². The highest BCUT2D eigenvalue weighted by atomic mass is 16.5. The summed E-state index contributed by atoms with van der Waals surface area (Å²) in [6, 6.07) is 0. The van der Waals surface area contributed by atoms with Crippen LogP contribution in [0.1, 0.15) is 98.3 Å². The van der Waals surface area contributed by atoms with Crippen LogP contribution in [-0.4, -0.2) is 24.1 Å². The van der Waals surface area contributed by atoms with Gasteiger partial charge in [0.15, 0.2) is 0 Å². The monoisotopic (exact) mass is 328 g/mol. The Morgan fingerprint density at radius 1 is 0.783 bits per heavy atom. The molecule has 0 fully saturated rings. The first-order valence-electron chi connectivity index (χ1n) is 9.42. The molecule has 0 heterocycles. The van der Waals surface area contributed by atoms with Gasteiger partial charge in [-0.1, -0.05) is 52.9 Å². The lowest BCUT2D eigenvalue weighted by molar-refractivity contribution is -0.156. The third-order valence-electron chi connectivity index (χ3n) is 4.04. The first-order valence-corrected chi connectivity index (χ1v) is 9.42. The summed E-state index contributed by atoms with van der Waals surface area (Å²) >= 11 is 0. The van der Waals surface area contributed by atoms with E-state index in [0.29, 0.717) is 0 Å². The van der Waals surface area contributed by atoms with E-state index >= 15 is 0 Å². The second-order valence-electron chi connectivity index (χ2n) is 6.29. The summed E-state index contributed by atoms with van der Waals surface area (Å²) < 4.78 is 10.6. The molecule has 0 saturated carbocycles. The Morgan fingerprint density at radius 2 is 1.30 bits per heavy atom. The minimum Gasteiger partial charge on any atom is -0.463 e. The van der Waals surface area contributed by atoms with E-state index in [2.05, 4.69) is 6.92 Å². The molecular formula is C19H36O4. The van der Waals surface area contributed by atoms with E-state index in [4.69, 9.17) is 9.47 Å². The average Bonchev–Trinajstić information content (AvgIpc) is 2.53. The summed E-state index contributed by atoms with van der Waals surface area (Å²) in [4.78, 5) is 23.4. The van der Waals surface area contributed by atoms with E-state index in [1.54, 1.807) is 0 Å². The molecule has 23 heavy (non-hydrogen) atoms. The quantitative estimate of drug-likeness (QED) is 0.325. The minimum atomic E-state index is -0.306. The maximum absolute atomic E-state index is 11.7. The summed E-state index contributed by atoms with van der Waals surface area (Å²) in [6.07, 6.45) is 10.0. The Hall–Kier alpha value is -1.06. The Labute approximate surface area is 142 Å². The second-order valence-corrected chi connectivity index (χ2v) is 6.29. The molecule has 4 nitrogen and oxygen atoms in total. The fourth-order valence-corrected chi connectivity index (χ4v) is 2.46. The standard InChI is InChI=1S/C19H36O4/c1-5-8-9-10-11-12-13-16(4)22-18(20)14-15-19(21)23-17(6-2)7-3/h16-17H,5-15H2,1-4H3. The molecule has 0 bridgehead atoms. The van der Waals surface area contributed by atoms with Gasteiger partial charge >= 0.3 is 11.9 Å². The van der Waals surface area contributed by atoms with E-state index < -0.39 is 0 Å². The molecule has 0 aromatic heterocycles. The molecule has 0 aliphatic heterocycles. The molecule has 0 amide bonds. The van der Waals surface area contributed by atoms with Crippen molar-refractivity contribution in [2.75, 3.05) is 0 Å². The van der Waals surface area contributed by atoms with Crippen molar-refractivity contribution in [3.05, 3.63) is 0 Å². The number of unbranched alkanes of at least 4 members (excludes halogenated alkanes) is 5. The first-order chi connectivity index (χ1) is 11.0. The summed E-state index contributed by atoms with van der Waals surface area (Å²) in [5, 5.41) is 0. The summed E-state index contributed by atoms with van der Waals surface area (Å²) in [7, 11) is 0. The van der Waals surface area contributed by atoms with Crippen LogP contribution in [0.15, 0.2) is 0 Å². The highest BCUT2D eigenvalue weighted by Gasteiger charge is 2.15. The highest BCUT2D eigenvalue weighted by Crippen LogP contribution is 2.11.